The number of carbonyl (C=O) groups excluding carboxylic acids is 2. The average molecular weight is 779 g/mol. The van der Waals surface area contributed by atoms with E-state index in [4.69, 9.17) is 0 Å². The summed E-state index contributed by atoms with van der Waals surface area (Å²) < 4.78 is 3.05. The zero-order chi connectivity index (χ0) is 26.0. The molecule has 3 aromatic carbocycles. The van der Waals surface area contributed by atoms with E-state index in [0.29, 0.717) is 23.4 Å². The highest BCUT2D eigenvalue weighted by atomic mass is 79.9. The molecule has 1 aromatic heterocycles. The van der Waals surface area contributed by atoms with E-state index in [0.717, 1.165) is 15.9 Å². The van der Waals surface area contributed by atoms with Crippen molar-refractivity contribution in [3.05, 3.63) is 77.5 Å². The lowest BCUT2D eigenvalue weighted by atomic mass is 10.1. The molecule has 4 aromatic rings. The fourth-order valence-corrected chi connectivity index (χ4v) is 7.50. The van der Waals surface area contributed by atoms with Crippen LogP contribution in [0.1, 0.15) is 20.7 Å². The van der Waals surface area contributed by atoms with Gasteiger partial charge in [-0.2, -0.15) is 0 Å². The maximum atomic E-state index is 13.1. The van der Waals surface area contributed by atoms with Crippen LogP contribution in [0.4, 0.5) is 11.4 Å². The number of hydrogen-bond donors (Lipinski definition) is 3. The van der Waals surface area contributed by atoms with Crippen LogP contribution in [0.15, 0.2) is 70.8 Å². The van der Waals surface area contributed by atoms with Gasteiger partial charge in [-0.05, 0) is 94.1 Å². The van der Waals surface area contributed by atoms with Crippen LogP contribution in [0.2, 0.25) is 0 Å². The number of amides is 2. The number of carboxylic acid groups (broad SMARTS) is 1. The van der Waals surface area contributed by atoms with Crippen LogP contribution >= 0.6 is 86.8 Å². The number of nitrogens with one attached hydrogen (secondary N) is 2. The van der Waals surface area contributed by atoms with Gasteiger partial charge in [0.25, 0.3) is 5.91 Å². The summed E-state index contributed by atoms with van der Waals surface area (Å²) in [5, 5.41) is 15.3. The molecule has 0 aliphatic heterocycles. The Bertz CT molecular complexity index is 1510. The highest BCUT2D eigenvalue weighted by Gasteiger charge is 2.28. The Morgan fingerprint density at radius 3 is 2.19 bits per heavy atom. The van der Waals surface area contributed by atoms with Crippen molar-refractivity contribution in [2.24, 2.45) is 0 Å². The molecule has 4 rings (SSSR count). The minimum Gasteiger partial charge on any atom is -0.478 e. The van der Waals surface area contributed by atoms with Crippen LogP contribution in [0.25, 0.3) is 10.2 Å². The molecule has 1 heterocycles. The minimum atomic E-state index is -1.25. The Kier molecular flexibility index (Phi) is 8.89. The first-order valence-electron chi connectivity index (χ1n) is 9.94. The fourth-order valence-electron chi connectivity index (χ4n) is 3.13. The van der Waals surface area contributed by atoms with Gasteiger partial charge < -0.3 is 15.7 Å². The van der Waals surface area contributed by atoms with Crippen molar-refractivity contribution < 1.29 is 19.5 Å². The first kappa shape index (κ1) is 27.3. The van der Waals surface area contributed by atoms with Crippen LogP contribution in [-0.2, 0) is 4.79 Å². The number of rotatable bonds is 7. The molecule has 0 saturated heterocycles. The van der Waals surface area contributed by atoms with Crippen molar-refractivity contribution in [2.45, 2.75) is 4.34 Å². The Morgan fingerprint density at radius 2 is 1.53 bits per heavy atom. The molecule has 0 spiro atoms. The van der Waals surface area contributed by atoms with Crippen molar-refractivity contribution in [1.29, 1.82) is 0 Å². The van der Waals surface area contributed by atoms with Crippen LogP contribution < -0.4 is 10.6 Å². The molecule has 0 atom stereocenters. The summed E-state index contributed by atoms with van der Waals surface area (Å²) in [7, 11) is 0. The first-order chi connectivity index (χ1) is 17.2. The van der Waals surface area contributed by atoms with Gasteiger partial charge in [0.15, 0.2) is 4.34 Å². The minimum absolute atomic E-state index is 0.0328. The first-order valence-corrected chi connectivity index (χ1v) is 14.9. The molecular formula is C23H13Br4N3O4S2. The summed E-state index contributed by atoms with van der Waals surface area (Å²) in [6.45, 7) is 0. The summed E-state index contributed by atoms with van der Waals surface area (Å²) in [6.07, 6.45) is 0. The lowest BCUT2D eigenvalue weighted by molar-refractivity contribution is -0.113. The maximum absolute atomic E-state index is 13.1. The number of para-hydroxylation sites is 1. The van der Waals surface area contributed by atoms with Crippen LogP contribution in [0.5, 0.6) is 0 Å². The van der Waals surface area contributed by atoms with E-state index in [-0.39, 0.29) is 27.3 Å². The van der Waals surface area contributed by atoms with E-state index in [1.54, 1.807) is 18.2 Å². The van der Waals surface area contributed by atoms with E-state index in [2.05, 4.69) is 79.3 Å². The summed E-state index contributed by atoms with van der Waals surface area (Å²) in [6, 6.07) is 14.4. The number of nitrogens with zero attached hydrogens (tertiary/aromatic N) is 1. The standard InChI is InChI=1S/C23H13Br4N3O4S2/c24-17-15(16(22(33)34)18(25)20(27)19(17)26)21(32)29-11-6-7-12-13(8-11)36-23(30-12)35-9-14(31)28-10-4-2-1-3-5-10/h1-8H,9H2,(H,28,31)(H,29,32)(H,33,34). The molecule has 0 bridgehead atoms. The van der Waals surface area contributed by atoms with Gasteiger partial charge >= 0.3 is 5.97 Å². The molecule has 0 unspecified atom stereocenters. The topological polar surface area (TPSA) is 108 Å². The lowest BCUT2D eigenvalue weighted by Crippen LogP contribution is -2.18. The molecular weight excluding hydrogens is 766 g/mol. The second-order valence-corrected chi connectivity index (χ2v) is 12.6. The molecule has 3 N–H and O–H groups in total. The molecule has 184 valence electrons. The molecule has 0 fully saturated rings. The number of fused-ring (bicyclic) bond motifs is 1. The van der Waals surface area contributed by atoms with E-state index >= 15 is 0 Å². The number of benzene rings is 3. The second-order valence-electron chi connectivity index (χ2n) is 7.13. The van der Waals surface area contributed by atoms with E-state index in [9.17, 15) is 19.5 Å². The highest BCUT2D eigenvalue weighted by molar-refractivity contribution is 9.15. The number of anilines is 2. The Morgan fingerprint density at radius 1 is 0.861 bits per heavy atom. The molecule has 0 radical (unpaired) electrons. The van der Waals surface area contributed by atoms with Gasteiger partial charge in [0.1, 0.15) is 0 Å². The fraction of sp³-hybridized carbons (Fsp3) is 0.0435. The third-order valence-corrected chi connectivity index (χ3v) is 11.6. The maximum Gasteiger partial charge on any atom is 0.337 e. The summed E-state index contributed by atoms with van der Waals surface area (Å²) in [4.78, 5) is 41.8. The number of carbonyl (C=O) groups is 3. The summed E-state index contributed by atoms with van der Waals surface area (Å²) in [5.74, 6) is -1.77. The highest BCUT2D eigenvalue weighted by Crippen LogP contribution is 2.42. The van der Waals surface area contributed by atoms with Crippen LogP contribution in [0.3, 0.4) is 0 Å². The van der Waals surface area contributed by atoms with Gasteiger partial charge in [-0.15, -0.1) is 11.3 Å². The van der Waals surface area contributed by atoms with Crippen molar-refractivity contribution in [3.8, 4) is 0 Å². The van der Waals surface area contributed by atoms with Gasteiger partial charge in [0.05, 0.1) is 27.1 Å². The molecule has 0 aliphatic rings. The summed E-state index contributed by atoms with van der Waals surface area (Å²) >= 11 is 16.0. The van der Waals surface area contributed by atoms with E-state index in [1.165, 1.54) is 23.1 Å². The molecule has 0 aliphatic carbocycles. The van der Waals surface area contributed by atoms with Crippen molar-refractivity contribution in [3.63, 3.8) is 0 Å². The lowest BCUT2D eigenvalue weighted by Gasteiger charge is -2.14. The number of thiazole rings is 1. The number of hydrogen-bond acceptors (Lipinski definition) is 6. The molecule has 13 heteroatoms. The van der Waals surface area contributed by atoms with Crippen LogP contribution in [-0.4, -0.2) is 33.6 Å². The zero-order valence-corrected chi connectivity index (χ0v) is 25.8. The number of aromatic nitrogens is 1. The van der Waals surface area contributed by atoms with Crippen molar-refractivity contribution >= 4 is 126 Å². The SMILES string of the molecule is O=C(CSc1nc2ccc(NC(=O)c3c(Br)c(Br)c(Br)c(Br)c3C(=O)O)cc2s1)Nc1ccccc1. The summed E-state index contributed by atoms with van der Waals surface area (Å²) in [5.41, 5.74) is 1.73. The molecule has 7 nitrogen and oxygen atoms in total. The quantitative estimate of drug-likeness (QED) is 0.0997. The number of carboxylic acids is 1. The second kappa shape index (κ2) is 11.7. The molecule has 36 heavy (non-hydrogen) atoms. The molecule has 0 saturated carbocycles. The zero-order valence-electron chi connectivity index (χ0n) is 17.8. The average Bonchev–Trinajstić information content (AvgIpc) is 3.26. The van der Waals surface area contributed by atoms with Crippen molar-refractivity contribution in [2.75, 3.05) is 16.4 Å². The molecule has 2 amide bonds. The number of thioether (sulfide) groups is 1. The normalized spacial score (nSPS) is 10.9. The van der Waals surface area contributed by atoms with Gasteiger partial charge in [-0.3, -0.25) is 9.59 Å². The Balaban J connectivity index is 1.51. The Labute approximate surface area is 247 Å². The van der Waals surface area contributed by atoms with Gasteiger partial charge in [0.2, 0.25) is 5.91 Å². The van der Waals surface area contributed by atoms with Gasteiger partial charge in [-0.1, -0.05) is 30.0 Å². The predicted octanol–water partition coefficient (Wildman–Crippen LogP) is 8.03. The Hall–Kier alpha value is -1.77. The van der Waals surface area contributed by atoms with Crippen LogP contribution in [0, 0.1) is 0 Å². The number of aromatic carboxylic acids is 1. The van der Waals surface area contributed by atoms with Gasteiger partial charge in [-0.25, -0.2) is 9.78 Å². The van der Waals surface area contributed by atoms with Crippen molar-refractivity contribution in [1.82, 2.24) is 4.98 Å². The van der Waals surface area contributed by atoms with E-state index < -0.39 is 11.9 Å². The largest absolute Gasteiger partial charge is 0.478 e. The van der Waals surface area contributed by atoms with E-state index in [1.807, 2.05) is 30.3 Å². The monoisotopic (exact) mass is 775 g/mol. The van der Waals surface area contributed by atoms with Gasteiger partial charge in [0, 0.05) is 29.3 Å². The third kappa shape index (κ3) is 6.03. The smallest absolute Gasteiger partial charge is 0.337 e. The predicted molar refractivity (Wildman–Crippen MR) is 158 cm³/mol. The third-order valence-electron chi connectivity index (χ3n) is 4.72. The number of halogens is 4.